The van der Waals surface area contributed by atoms with E-state index in [2.05, 4.69) is 17.1 Å². The quantitative estimate of drug-likeness (QED) is 0.690. The number of halogens is 2. The van der Waals surface area contributed by atoms with Crippen LogP contribution in [0.5, 0.6) is 0 Å². The topological polar surface area (TPSA) is 55.4 Å². The fourth-order valence-corrected chi connectivity index (χ4v) is 7.66. The van der Waals surface area contributed by atoms with Crippen molar-refractivity contribution >= 4 is 12.1 Å². The molecule has 5 aliphatic rings. The van der Waals surface area contributed by atoms with Crippen LogP contribution in [0.15, 0.2) is 35.3 Å². The van der Waals surface area contributed by atoms with Crippen molar-refractivity contribution in [1.82, 2.24) is 0 Å². The number of carbonyl (C=O) groups is 1. The number of hydrogen-bond acceptors (Lipinski definition) is 2. The molecule has 1 aromatic carbocycles. The molecule has 2 N–H and O–H groups in total. The molecule has 5 atom stereocenters. The van der Waals surface area contributed by atoms with E-state index >= 15 is 0 Å². The first-order chi connectivity index (χ1) is 14.5. The molecule has 5 fully saturated rings. The Morgan fingerprint density at radius 2 is 1.87 bits per heavy atom. The number of alkyl halides is 2. The Kier molecular flexibility index (Phi) is 5.08. The Morgan fingerprint density at radius 3 is 2.53 bits per heavy atom. The highest BCUT2D eigenvalue weighted by Gasteiger charge is 2.72. The van der Waals surface area contributed by atoms with Crippen LogP contribution >= 0.6 is 0 Å². The number of amides is 1. The predicted molar refractivity (Wildman–Crippen MR) is 113 cm³/mol. The molecule has 1 amide bonds. The summed E-state index contributed by atoms with van der Waals surface area (Å²) in [5.41, 5.74) is 6.17. The van der Waals surface area contributed by atoms with Crippen molar-refractivity contribution < 1.29 is 13.6 Å². The Balaban J connectivity index is 1.40. The molecule has 0 radical (unpaired) electrons. The third-order valence-corrected chi connectivity index (χ3v) is 8.99. The number of hydrogen-bond donors (Lipinski definition) is 1. The van der Waals surface area contributed by atoms with Gasteiger partial charge in [-0.2, -0.15) is 0 Å². The van der Waals surface area contributed by atoms with Crippen LogP contribution in [0.2, 0.25) is 0 Å². The van der Waals surface area contributed by atoms with Gasteiger partial charge in [0.2, 0.25) is 6.43 Å². The summed E-state index contributed by atoms with van der Waals surface area (Å²) in [5, 5.41) is 0. The summed E-state index contributed by atoms with van der Waals surface area (Å²) in [4.78, 5) is 17.9. The highest BCUT2D eigenvalue weighted by atomic mass is 19.3. The molecule has 30 heavy (non-hydrogen) atoms. The summed E-state index contributed by atoms with van der Waals surface area (Å²) in [7, 11) is 0. The fourth-order valence-electron chi connectivity index (χ4n) is 7.66. The number of rotatable bonds is 5. The number of aliphatic imine (C=N–C) groups is 1. The molecule has 5 heteroatoms. The summed E-state index contributed by atoms with van der Waals surface area (Å²) >= 11 is 0. The van der Waals surface area contributed by atoms with Crippen molar-refractivity contribution in [1.29, 1.82) is 0 Å². The first-order valence-electron chi connectivity index (χ1n) is 11.6. The van der Waals surface area contributed by atoms with Gasteiger partial charge in [0, 0.05) is 12.1 Å². The maximum absolute atomic E-state index is 14.0. The lowest BCUT2D eigenvalue weighted by atomic mass is 9.62. The number of nitrogens with zero attached hydrogens (tertiary/aromatic N) is 1. The smallest absolute Gasteiger partial charge is 0.251 e. The van der Waals surface area contributed by atoms with Crippen LogP contribution in [-0.4, -0.2) is 25.1 Å². The van der Waals surface area contributed by atoms with Gasteiger partial charge < -0.3 is 5.73 Å². The van der Waals surface area contributed by atoms with E-state index < -0.39 is 17.8 Å². The van der Waals surface area contributed by atoms with E-state index in [-0.39, 0.29) is 23.2 Å². The van der Waals surface area contributed by atoms with E-state index in [1.54, 1.807) is 0 Å². The van der Waals surface area contributed by atoms with Crippen molar-refractivity contribution in [3.05, 3.63) is 35.9 Å². The summed E-state index contributed by atoms with van der Waals surface area (Å²) in [6.45, 7) is 0.728. The van der Waals surface area contributed by atoms with Crippen LogP contribution in [0.3, 0.4) is 0 Å². The minimum Gasteiger partial charge on any atom is -0.330 e. The van der Waals surface area contributed by atoms with Gasteiger partial charge in [-0.05, 0) is 92.6 Å². The highest BCUT2D eigenvalue weighted by molar-refractivity contribution is 5.91. The molecule has 0 aliphatic heterocycles. The Labute approximate surface area is 177 Å². The van der Waals surface area contributed by atoms with E-state index in [1.807, 2.05) is 24.4 Å². The summed E-state index contributed by atoms with van der Waals surface area (Å²) in [6.07, 6.45) is 6.46. The monoisotopic (exact) mass is 414 g/mol. The van der Waals surface area contributed by atoms with E-state index in [4.69, 9.17) is 5.73 Å². The Bertz CT molecular complexity index is 820. The third kappa shape index (κ3) is 3.07. The summed E-state index contributed by atoms with van der Waals surface area (Å²) in [6, 6.07) is 10.3. The number of nitrogens with two attached hydrogens (primary N) is 1. The first-order valence-corrected chi connectivity index (χ1v) is 11.6. The minimum absolute atomic E-state index is 0.0724. The maximum Gasteiger partial charge on any atom is 0.251 e. The van der Waals surface area contributed by atoms with Crippen LogP contribution < -0.4 is 5.73 Å². The second-order valence-corrected chi connectivity index (χ2v) is 10.5. The molecular formula is C25H32F2N2O. The molecule has 1 aromatic rings. The molecule has 5 unspecified atom stereocenters. The van der Waals surface area contributed by atoms with Crippen molar-refractivity contribution in [2.75, 3.05) is 6.54 Å². The van der Waals surface area contributed by atoms with Gasteiger partial charge >= 0.3 is 0 Å². The van der Waals surface area contributed by atoms with Crippen LogP contribution in [0.1, 0.15) is 56.9 Å². The van der Waals surface area contributed by atoms with Crippen LogP contribution in [0.4, 0.5) is 8.78 Å². The normalized spacial score (nSPS) is 42.5. The SMILES string of the molecule is NCC1CCC(/C=N/C(=O)C23CC4CC(c5ccccc5)(CC2C4C(F)F)C3)CC1. The molecule has 4 bridgehead atoms. The van der Waals surface area contributed by atoms with E-state index in [0.717, 1.165) is 38.6 Å². The van der Waals surface area contributed by atoms with E-state index in [9.17, 15) is 13.6 Å². The Hall–Kier alpha value is -1.62. The maximum atomic E-state index is 14.0. The number of benzene rings is 1. The molecule has 0 spiro atoms. The fraction of sp³-hybridized carbons (Fsp3) is 0.680. The zero-order valence-electron chi connectivity index (χ0n) is 17.5. The largest absolute Gasteiger partial charge is 0.330 e. The minimum atomic E-state index is -2.35. The zero-order valence-corrected chi connectivity index (χ0v) is 17.5. The average Bonchev–Trinajstić information content (AvgIpc) is 3.15. The van der Waals surface area contributed by atoms with Gasteiger partial charge in [0.15, 0.2) is 0 Å². The molecule has 6 rings (SSSR count). The van der Waals surface area contributed by atoms with Crippen LogP contribution in [0, 0.1) is 35.0 Å². The average molecular weight is 415 g/mol. The van der Waals surface area contributed by atoms with Gasteiger partial charge in [0.05, 0.1) is 5.41 Å². The standard InChI is InChI=1S/C25H32F2N2O/c26-22(27)21-18-10-24(19-4-2-1-3-5-19)12-20(21)25(11-18,15-24)23(30)29-14-17-8-6-16(13-28)7-9-17/h1-5,14,16-18,20-22H,6-13,15,28H2/b29-14+. The van der Waals surface area contributed by atoms with Crippen molar-refractivity contribution in [3.63, 3.8) is 0 Å². The zero-order chi connectivity index (χ0) is 20.9. The van der Waals surface area contributed by atoms with Gasteiger partial charge in [-0.1, -0.05) is 30.3 Å². The molecule has 0 saturated heterocycles. The van der Waals surface area contributed by atoms with Crippen molar-refractivity contribution in [2.45, 2.75) is 63.2 Å². The summed E-state index contributed by atoms with van der Waals surface area (Å²) < 4.78 is 28.0. The van der Waals surface area contributed by atoms with Gasteiger partial charge in [-0.25, -0.2) is 13.8 Å². The van der Waals surface area contributed by atoms with Gasteiger partial charge in [0.25, 0.3) is 5.91 Å². The lowest BCUT2D eigenvalue weighted by Crippen LogP contribution is -2.38. The molecular weight excluding hydrogens is 382 g/mol. The molecule has 162 valence electrons. The van der Waals surface area contributed by atoms with Gasteiger partial charge in [-0.15, -0.1) is 0 Å². The number of carbonyl (C=O) groups excluding carboxylic acids is 1. The van der Waals surface area contributed by atoms with Crippen molar-refractivity contribution in [3.8, 4) is 0 Å². The molecule has 0 heterocycles. The van der Waals surface area contributed by atoms with Crippen molar-refractivity contribution in [2.24, 2.45) is 45.7 Å². The van der Waals surface area contributed by atoms with Gasteiger partial charge in [-0.3, -0.25) is 4.79 Å². The lowest BCUT2D eigenvalue weighted by molar-refractivity contribution is -0.129. The highest BCUT2D eigenvalue weighted by Crippen LogP contribution is 2.73. The second kappa shape index (κ2) is 7.51. The lowest BCUT2D eigenvalue weighted by Gasteiger charge is -2.42. The molecule has 5 aliphatic carbocycles. The molecule has 5 saturated carbocycles. The summed E-state index contributed by atoms with van der Waals surface area (Å²) in [5.74, 6) is -0.186. The second-order valence-electron chi connectivity index (χ2n) is 10.5. The van der Waals surface area contributed by atoms with Gasteiger partial charge in [0.1, 0.15) is 0 Å². The Morgan fingerprint density at radius 1 is 1.13 bits per heavy atom. The van der Waals surface area contributed by atoms with E-state index in [1.165, 1.54) is 5.56 Å². The first kappa shape index (κ1) is 20.3. The molecule has 3 nitrogen and oxygen atoms in total. The van der Waals surface area contributed by atoms with Crippen LogP contribution in [-0.2, 0) is 10.2 Å². The molecule has 0 aromatic heterocycles. The van der Waals surface area contributed by atoms with Crippen LogP contribution in [0.25, 0.3) is 0 Å². The van der Waals surface area contributed by atoms with E-state index in [0.29, 0.717) is 31.1 Å². The predicted octanol–water partition coefficient (Wildman–Crippen LogP) is 4.99. The third-order valence-electron chi connectivity index (χ3n) is 8.99.